The molecule has 1 saturated heterocycles. The van der Waals surface area contributed by atoms with E-state index in [9.17, 15) is 5.11 Å². The number of nitrogens with one attached hydrogen (secondary N) is 1. The van der Waals surface area contributed by atoms with Crippen molar-refractivity contribution in [3.05, 3.63) is 33.8 Å². The van der Waals surface area contributed by atoms with E-state index in [0.717, 1.165) is 42.9 Å². The van der Waals surface area contributed by atoms with Gasteiger partial charge in [0.05, 0.1) is 0 Å². The summed E-state index contributed by atoms with van der Waals surface area (Å²) in [7, 11) is 0. The van der Waals surface area contributed by atoms with E-state index in [0.29, 0.717) is 5.02 Å². The molecule has 1 fully saturated rings. The van der Waals surface area contributed by atoms with Crippen molar-refractivity contribution in [2.75, 3.05) is 19.7 Å². The van der Waals surface area contributed by atoms with Crippen molar-refractivity contribution >= 4 is 23.2 Å². The molecule has 0 spiro atoms. The van der Waals surface area contributed by atoms with Gasteiger partial charge in [-0.15, -0.1) is 0 Å². The summed E-state index contributed by atoms with van der Waals surface area (Å²) in [6, 6.07) is 5.52. The summed E-state index contributed by atoms with van der Waals surface area (Å²) in [5, 5.41) is 14.4. The molecule has 0 radical (unpaired) electrons. The Bertz CT molecular complexity index is 389. The number of aliphatic hydroxyl groups excluding tert-OH is 1. The van der Waals surface area contributed by atoms with Gasteiger partial charge in [0.2, 0.25) is 0 Å². The van der Waals surface area contributed by atoms with Crippen LogP contribution in [-0.2, 0) is 6.42 Å². The van der Waals surface area contributed by atoms with Crippen LogP contribution in [0.15, 0.2) is 18.2 Å². The van der Waals surface area contributed by atoms with Crippen LogP contribution in [0.3, 0.4) is 0 Å². The van der Waals surface area contributed by atoms with Gasteiger partial charge in [-0.3, -0.25) is 0 Å². The third kappa shape index (κ3) is 3.14. The van der Waals surface area contributed by atoms with Gasteiger partial charge in [0, 0.05) is 16.7 Å². The maximum atomic E-state index is 9.66. The van der Waals surface area contributed by atoms with Crippen LogP contribution in [0.4, 0.5) is 0 Å². The number of benzene rings is 1. The second-order valence-electron chi connectivity index (χ2n) is 4.82. The van der Waals surface area contributed by atoms with E-state index in [1.165, 1.54) is 0 Å². The SMILES string of the molecule is OCC1(Cc2cc(Cl)ccc2Cl)CCNCC1. The van der Waals surface area contributed by atoms with Gasteiger partial charge in [0.15, 0.2) is 0 Å². The minimum atomic E-state index is -0.0421. The largest absolute Gasteiger partial charge is 0.396 e. The highest BCUT2D eigenvalue weighted by Gasteiger charge is 2.32. The molecule has 2 N–H and O–H groups in total. The van der Waals surface area contributed by atoms with E-state index in [1.807, 2.05) is 12.1 Å². The van der Waals surface area contributed by atoms with Crippen molar-refractivity contribution in [2.45, 2.75) is 19.3 Å². The first kappa shape index (κ1) is 13.2. The molecule has 1 aromatic rings. The van der Waals surface area contributed by atoms with E-state index >= 15 is 0 Å². The number of piperidine rings is 1. The Morgan fingerprint density at radius 1 is 1.24 bits per heavy atom. The Balaban J connectivity index is 2.20. The molecule has 0 bridgehead atoms. The van der Waals surface area contributed by atoms with Crippen LogP contribution >= 0.6 is 23.2 Å². The van der Waals surface area contributed by atoms with Gasteiger partial charge in [0.1, 0.15) is 0 Å². The van der Waals surface area contributed by atoms with E-state index < -0.39 is 0 Å². The molecule has 2 rings (SSSR count). The Labute approximate surface area is 112 Å². The Morgan fingerprint density at radius 3 is 2.59 bits per heavy atom. The lowest BCUT2D eigenvalue weighted by molar-refractivity contribution is 0.0893. The molecule has 1 aliphatic rings. The third-order valence-corrected chi connectivity index (χ3v) is 4.18. The Kier molecular flexibility index (Phi) is 4.31. The molecule has 94 valence electrons. The summed E-state index contributed by atoms with van der Waals surface area (Å²) < 4.78 is 0. The van der Waals surface area contributed by atoms with Crippen molar-refractivity contribution in [3.63, 3.8) is 0 Å². The van der Waals surface area contributed by atoms with Crippen LogP contribution in [0, 0.1) is 5.41 Å². The van der Waals surface area contributed by atoms with Crippen LogP contribution in [-0.4, -0.2) is 24.8 Å². The molecule has 1 aromatic carbocycles. The van der Waals surface area contributed by atoms with E-state index in [2.05, 4.69) is 5.32 Å². The smallest absolute Gasteiger partial charge is 0.0491 e. The fourth-order valence-corrected chi connectivity index (χ4v) is 2.81. The molecule has 0 unspecified atom stereocenters. The third-order valence-electron chi connectivity index (χ3n) is 3.57. The lowest BCUT2D eigenvalue weighted by Gasteiger charge is -2.36. The van der Waals surface area contributed by atoms with Gasteiger partial charge >= 0.3 is 0 Å². The monoisotopic (exact) mass is 273 g/mol. The first-order chi connectivity index (χ1) is 8.15. The van der Waals surface area contributed by atoms with Gasteiger partial charge in [-0.25, -0.2) is 0 Å². The van der Waals surface area contributed by atoms with Crippen molar-refractivity contribution < 1.29 is 5.11 Å². The molecular weight excluding hydrogens is 257 g/mol. The molecule has 2 nitrogen and oxygen atoms in total. The van der Waals surface area contributed by atoms with Gasteiger partial charge in [0.25, 0.3) is 0 Å². The quantitative estimate of drug-likeness (QED) is 0.888. The minimum absolute atomic E-state index is 0.0421. The highest BCUT2D eigenvalue weighted by Crippen LogP contribution is 2.35. The number of halogens is 2. The van der Waals surface area contributed by atoms with Crippen molar-refractivity contribution in [2.24, 2.45) is 5.41 Å². The molecule has 17 heavy (non-hydrogen) atoms. The number of aliphatic hydroxyl groups is 1. The van der Waals surface area contributed by atoms with Crippen LogP contribution in [0.5, 0.6) is 0 Å². The zero-order chi connectivity index (χ0) is 12.3. The molecule has 0 saturated carbocycles. The second kappa shape index (κ2) is 5.57. The molecule has 0 amide bonds. The van der Waals surface area contributed by atoms with Gasteiger partial charge in [-0.1, -0.05) is 23.2 Å². The van der Waals surface area contributed by atoms with Crippen molar-refractivity contribution in [3.8, 4) is 0 Å². The van der Waals surface area contributed by atoms with Gasteiger partial charge in [-0.05, 0) is 61.5 Å². The molecule has 0 atom stereocenters. The Morgan fingerprint density at radius 2 is 1.94 bits per heavy atom. The standard InChI is InChI=1S/C13H17Cl2NO/c14-11-1-2-12(15)10(7-11)8-13(9-17)3-5-16-6-4-13/h1-2,7,16-17H,3-6,8-9H2. The normalized spacial score (nSPS) is 19.2. The summed E-state index contributed by atoms with van der Waals surface area (Å²) in [5.41, 5.74) is 0.995. The minimum Gasteiger partial charge on any atom is -0.396 e. The van der Waals surface area contributed by atoms with Crippen molar-refractivity contribution in [1.29, 1.82) is 0 Å². The van der Waals surface area contributed by atoms with Crippen LogP contribution in [0.2, 0.25) is 10.0 Å². The topological polar surface area (TPSA) is 32.3 Å². The van der Waals surface area contributed by atoms with E-state index in [1.54, 1.807) is 6.07 Å². The maximum absolute atomic E-state index is 9.66. The van der Waals surface area contributed by atoms with Crippen LogP contribution < -0.4 is 5.32 Å². The molecule has 0 aliphatic carbocycles. The molecule has 0 aromatic heterocycles. The molecular formula is C13H17Cl2NO. The van der Waals surface area contributed by atoms with E-state index in [4.69, 9.17) is 23.2 Å². The summed E-state index contributed by atoms with van der Waals surface area (Å²) in [4.78, 5) is 0. The number of rotatable bonds is 3. The van der Waals surface area contributed by atoms with Gasteiger partial charge < -0.3 is 10.4 Å². The zero-order valence-corrected chi connectivity index (χ0v) is 11.2. The van der Waals surface area contributed by atoms with E-state index in [-0.39, 0.29) is 12.0 Å². The number of hydrogen-bond acceptors (Lipinski definition) is 2. The summed E-state index contributed by atoms with van der Waals surface area (Å²) in [5.74, 6) is 0. The maximum Gasteiger partial charge on any atom is 0.0491 e. The lowest BCUT2D eigenvalue weighted by Crippen LogP contribution is -2.40. The Hall–Kier alpha value is -0.280. The number of hydrogen-bond donors (Lipinski definition) is 2. The molecule has 4 heteroatoms. The highest BCUT2D eigenvalue weighted by atomic mass is 35.5. The first-order valence-electron chi connectivity index (χ1n) is 5.91. The van der Waals surface area contributed by atoms with Crippen LogP contribution in [0.1, 0.15) is 18.4 Å². The average Bonchev–Trinajstić information content (AvgIpc) is 2.35. The molecule has 1 aliphatic heterocycles. The highest BCUT2D eigenvalue weighted by molar-refractivity contribution is 6.33. The predicted molar refractivity (Wildman–Crippen MR) is 71.8 cm³/mol. The summed E-state index contributed by atoms with van der Waals surface area (Å²) >= 11 is 12.2. The van der Waals surface area contributed by atoms with Gasteiger partial charge in [-0.2, -0.15) is 0 Å². The fourth-order valence-electron chi connectivity index (χ4n) is 2.43. The first-order valence-corrected chi connectivity index (χ1v) is 6.66. The average molecular weight is 274 g/mol. The second-order valence-corrected chi connectivity index (χ2v) is 5.66. The van der Waals surface area contributed by atoms with Crippen molar-refractivity contribution in [1.82, 2.24) is 5.32 Å². The fraction of sp³-hybridized carbons (Fsp3) is 0.538. The molecule has 1 heterocycles. The van der Waals surface area contributed by atoms with Crippen LogP contribution in [0.25, 0.3) is 0 Å². The predicted octanol–water partition coefficient (Wildman–Crippen LogP) is 2.90. The zero-order valence-electron chi connectivity index (χ0n) is 9.68. The summed E-state index contributed by atoms with van der Waals surface area (Å²) in [6.07, 6.45) is 2.75. The summed E-state index contributed by atoms with van der Waals surface area (Å²) in [6.45, 7) is 2.12. The lowest BCUT2D eigenvalue weighted by atomic mass is 9.75.